The SMILES string of the molecule is CC/C=C\C/C=C\C/C=C\C/C=C\C/C=C\CCCC(=O)OC[C@H](COC(=O)CCCCCCCCC/C=C\CCCCCCCC)OC(=O)CCCCCCCCCCCCC/C=C\CCCCCCCC. The Bertz CT molecular complexity index is 1400. The highest BCUT2D eigenvalue weighted by Crippen LogP contribution is 2.16. The van der Waals surface area contributed by atoms with Gasteiger partial charge in [-0.05, 0) is 109 Å². The van der Waals surface area contributed by atoms with Gasteiger partial charge in [-0.25, -0.2) is 0 Å². The van der Waals surface area contributed by atoms with Crippen molar-refractivity contribution in [3.63, 3.8) is 0 Å². The van der Waals surface area contributed by atoms with Crippen LogP contribution in [-0.2, 0) is 28.6 Å². The van der Waals surface area contributed by atoms with Crippen LogP contribution in [0.3, 0.4) is 0 Å². The molecule has 0 aromatic heterocycles. The highest BCUT2D eigenvalue weighted by atomic mass is 16.6. The van der Waals surface area contributed by atoms with Crippen molar-refractivity contribution >= 4 is 17.9 Å². The minimum absolute atomic E-state index is 0.0956. The van der Waals surface area contributed by atoms with Gasteiger partial charge < -0.3 is 14.2 Å². The number of carbonyl (C=O) groups excluding carboxylic acids is 3. The molecule has 0 bridgehead atoms. The van der Waals surface area contributed by atoms with E-state index in [9.17, 15) is 14.4 Å². The van der Waals surface area contributed by atoms with Crippen LogP contribution >= 0.6 is 0 Å². The van der Waals surface area contributed by atoms with Crippen molar-refractivity contribution in [2.45, 2.75) is 309 Å². The normalized spacial score (nSPS) is 12.6. The molecule has 6 nitrogen and oxygen atoms in total. The Hall–Kier alpha value is -3.41. The molecule has 0 saturated carbocycles. The Kier molecular flexibility index (Phi) is 58.3. The number of carbonyl (C=O) groups is 3. The third-order valence-corrected chi connectivity index (χ3v) is 13.4. The number of rotatable bonds is 56. The van der Waals surface area contributed by atoms with Crippen LogP contribution in [0.2, 0.25) is 0 Å². The average Bonchev–Trinajstić information content (AvgIpc) is 3.39. The number of ether oxygens (including phenoxy) is 3. The molecule has 420 valence electrons. The summed E-state index contributed by atoms with van der Waals surface area (Å²) < 4.78 is 16.9. The summed E-state index contributed by atoms with van der Waals surface area (Å²) >= 11 is 0. The number of hydrogen-bond donors (Lipinski definition) is 0. The smallest absolute Gasteiger partial charge is 0.306 e. The molecule has 0 aliphatic carbocycles. The molecular formula is C67H116O6. The van der Waals surface area contributed by atoms with Gasteiger partial charge in [0.15, 0.2) is 6.10 Å². The first kappa shape index (κ1) is 69.6. The van der Waals surface area contributed by atoms with Crippen molar-refractivity contribution in [3.05, 3.63) is 85.1 Å². The zero-order valence-corrected chi connectivity index (χ0v) is 48.1. The molecule has 0 aliphatic rings. The monoisotopic (exact) mass is 1020 g/mol. The van der Waals surface area contributed by atoms with Crippen LogP contribution in [0.15, 0.2) is 85.1 Å². The zero-order chi connectivity index (χ0) is 52.9. The molecule has 73 heavy (non-hydrogen) atoms. The summed E-state index contributed by atoms with van der Waals surface area (Å²) in [4.78, 5) is 38.3. The molecule has 0 fully saturated rings. The van der Waals surface area contributed by atoms with Crippen molar-refractivity contribution in [3.8, 4) is 0 Å². The molecule has 0 amide bonds. The topological polar surface area (TPSA) is 78.9 Å². The minimum Gasteiger partial charge on any atom is -0.462 e. The van der Waals surface area contributed by atoms with Gasteiger partial charge in [-0.3, -0.25) is 14.4 Å². The lowest BCUT2D eigenvalue weighted by Crippen LogP contribution is -2.30. The largest absolute Gasteiger partial charge is 0.462 e. The quantitative estimate of drug-likeness (QED) is 0.0261. The Labute approximate surface area is 452 Å². The van der Waals surface area contributed by atoms with Gasteiger partial charge in [0.25, 0.3) is 0 Å². The van der Waals surface area contributed by atoms with Gasteiger partial charge >= 0.3 is 17.9 Å². The molecule has 0 radical (unpaired) electrons. The maximum Gasteiger partial charge on any atom is 0.306 e. The van der Waals surface area contributed by atoms with E-state index in [2.05, 4.69) is 106 Å². The second-order valence-corrected chi connectivity index (χ2v) is 20.6. The summed E-state index contributed by atoms with van der Waals surface area (Å²) in [5.74, 6) is -0.951. The van der Waals surface area contributed by atoms with Gasteiger partial charge in [0, 0.05) is 19.3 Å². The van der Waals surface area contributed by atoms with Crippen LogP contribution in [-0.4, -0.2) is 37.2 Å². The molecule has 0 N–H and O–H groups in total. The third kappa shape index (κ3) is 59.3. The van der Waals surface area contributed by atoms with E-state index in [1.165, 1.54) is 180 Å². The lowest BCUT2D eigenvalue weighted by molar-refractivity contribution is -0.167. The lowest BCUT2D eigenvalue weighted by Gasteiger charge is -2.18. The first-order chi connectivity index (χ1) is 36.0. The molecule has 1 atom stereocenters. The fourth-order valence-electron chi connectivity index (χ4n) is 8.70. The molecule has 0 aromatic rings. The van der Waals surface area contributed by atoms with Crippen molar-refractivity contribution < 1.29 is 28.6 Å². The molecule has 0 rings (SSSR count). The van der Waals surface area contributed by atoms with Crippen LogP contribution in [0, 0.1) is 0 Å². The summed E-state index contributed by atoms with van der Waals surface area (Å²) in [5.41, 5.74) is 0. The van der Waals surface area contributed by atoms with Crippen LogP contribution in [0.1, 0.15) is 303 Å². The molecule has 0 heterocycles. The molecule has 0 unspecified atom stereocenters. The number of unbranched alkanes of at least 4 members (excludes halogenated alkanes) is 31. The van der Waals surface area contributed by atoms with Crippen molar-refractivity contribution in [1.82, 2.24) is 0 Å². The van der Waals surface area contributed by atoms with Crippen LogP contribution in [0.4, 0.5) is 0 Å². The van der Waals surface area contributed by atoms with Crippen molar-refractivity contribution in [1.29, 1.82) is 0 Å². The third-order valence-electron chi connectivity index (χ3n) is 13.4. The van der Waals surface area contributed by atoms with E-state index in [0.29, 0.717) is 19.3 Å². The van der Waals surface area contributed by atoms with Gasteiger partial charge in [-0.2, -0.15) is 0 Å². The molecule has 0 aliphatic heterocycles. The summed E-state index contributed by atoms with van der Waals surface area (Å²) in [5, 5.41) is 0. The second kappa shape index (κ2) is 61.1. The van der Waals surface area contributed by atoms with E-state index >= 15 is 0 Å². The molecule has 0 spiro atoms. The Morgan fingerprint density at radius 2 is 0.548 bits per heavy atom. The van der Waals surface area contributed by atoms with Crippen LogP contribution < -0.4 is 0 Å². The summed E-state index contributed by atoms with van der Waals surface area (Å²) in [6.07, 6.45) is 80.2. The van der Waals surface area contributed by atoms with Gasteiger partial charge in [0.05, 0.1) is 0 Å². The standard InChI is InChI=1S/C67H116O6/c1-4-7-10-13-16-19-22-25-28-31-32-33-34-37-40-43-46-49-52-55-58-61-67(70)73-64(62-71-65(68)59-56-53-50-47-44-41-38-35-29-26-23-20-17-14-11-8-5-2)63-72-66(69)60-57-54-51-48-45-42-39-36-30-27-24-21-18-15-12-9-6-3/h8,11,17,20,25-30,38,41,47,50,64H,4-7,9-10,12-16,18-19,21-24,31-37,39-40,42-46,48-49,51-63H2,1-3H3/b11-8-,20-17-,28-25-,29-26-,30-27-,41-38-,50-47-/t64-/m1/s1. The predicted octanol–water partition coefficient (Wildman–Crippen LogP) is 21.1. The zero-order valence-electron chi connectivity index (χ0n) is 48.1. The minimum atomic E-state index is -0.803. The van der Waals surface area contributed by atoms with Crippen molar-refractivity contribution in [2.75, 3.05) is 13.2 Å². The first-order valence-corrected chi connectivity index (χ1v) is 31.1. The first-order valence-electron chi connectivity index (χ1n) is 31.1. The van der Waals surface area contributed by atoms with E-state index in [-0.39, 0.29) is 37.5 Å². The number of allylic oxidation sites excluding steroid dienone is 14. The highest BCUT2D eigenvalue weighted by molar-refractivity contribution is 5.71. The van der Waals surface area contributed by atoms with Gasteiger partial charge in [-0.1, -0.05) is 260 Å². The summed E-state index contributed by atoms with van der Waals surface area (Å²) in [7, 11) is 0. The molecule has 0 saturated heterocycles. The molecule has 0 aromatic carbocycles. The summed E-state index contributed by atoms with van der Waals surface area (Å²) in [6.45, 7) is 6.49. The van der Waals surface area contributed by atoms with E-state index in [0.717, 1.165) is 77.0 Å². The number of esters is 3. The van der Waals surface area contributed by atoms with Gasteiger partial charge in [0.2, 0.25) is 0 Å². The van der Waals surface area contributed by atoms with Gasteiger partial charge in [-0.15, -0.1) is 0 Å². The van der Waals surface area contributed by atoms with Crippen molar-refractivity contribution in [2.24, 2.45) is 0 Å². The van der Waals surface area contributed by atoms with E-state index < -0.39 is 6.10 Å². The Morgan fingerprint density at radius 3 is 0.904 bits per heavy atom. The van der Waals surface area contributed by atoms with E-state index in [1.807, 2.05) is 0 Å². The fraction of sp³-hybridized carbons (Fsp3) is 0.746. The molecule has 6 heteroatoms. The maximum absolute atomic E-state index is 12.9. The van der Waals surface area contributed by atoms with E-state index in [1.54, 1.807) is 0 Å². The van der Waals surface area contributed by atoms with Crippen LogP contribution in [0.5, 0.6) is 0 Å². The lowest BCUT2D eigenvalue weighted by atomic mass is 10.0. The highest BCUT2D eigenvalue weighted by Gasteiger charge is 2.19. The maximum atomic E-state index is 12.9. The summed E-state index contributed by atoms with van der Waals surface area (Å²) in [6, 6.07) is 0. The average molecular weight is 1020 g/mol. The Morgan fingerprint density at radius 1 is 0.288 bits per heavy atom. The number of hydrogen-bond acceptors (Lipinski definition) is 6. The predicted molar refractivity (Wildman–Crippen MR) is 316 cm³/mol. The second-order valence-electron chi connectivity index (χ2n) is 20.6. The fourth-order valence-corrected chi connectivity index (χ4v) is 8.70. The molecular weight excluding hydrogens is 901 g/mol. The van der Waals surface area contributed by atoms with E-state index in [4.69, 9.17) is 14.2 Å². The van der Waals surface area contributed by atoms with Crippen LogP contribution in [0.25, 0.3) is 0 Å². The van der Waals surface area contributed by atoms with Gasteiger partial charge in [0.1, 0.15) is 13.2 Å². The Balaban J connectivity index is 4.44.